The number of hydrogen-bond donors (Lipinski definition) is 0. The average Bonchev–Trinajstić information content (AvgIpc) is 3.01. The summed E-state index contributed by atoms with van der Waals surface area (Å²) < 4.78 is 11.6. The van der Waals surface area contributed by atoms with Gasteiger partial charge < -0.3 is 14.1 Å². The van der Waals surface area contributed by atoms with E-state index in [-0.39, 0.29) is 30.7 Å². The van der Waals surface area contributed by atoms with Gasteiger partial charge in [-0.1, -0.05) is 12.1 Å². The Morgan fingerprint density at radius 2 is 2.04 bits per heavy atom. The van der Waals surface area contributed by atoms with Crippen LogP contribution < -0.4 is 5.56 Å². The maximum atomic E-state index is 12.5. The summed E-state index contributed by atoms with van der Waals surface area (Å²) in [5.74, 6) is -1.01. The van der Waals surface area contributed by atoms with E-state index in [1.807, 2.05) is 26.0 Å². The number of amides is 1. The second kappa shape index (κ2) is 6.99. The SMILES string of the molecule is CC(C)N(C)C(=O)COC(=O)Cn1cnc2c(oc3ccccc32)c1=O. The number of benzene rings is 1. The summed E-state index contributed by atoms with van der Waals surface area (Å²) in [6.45, 7) is 2.99. The highest BCUT2D eigenvalue weighted by molar-refractivity contribution is 6.01. The van der Waals surface area contributed by atoms with Crippen LogP contribution in [0.5, 0.6) is 0 Å². The maximum absolute atomic E-state index is 12.5. The summed E-state index contributed by atoms with van der Waals surface area (Å²) >= 11 is 0. The predicted octanol–water partition coefficient (Wildman–Crippen LogP) is 1.55. The molecule has 3 aromatic rings. The van der Waals surface area contributed by atoms with E-state index in [1.54, 1.807) is 19.2 Å². The average molecular weight is 357 g/mol. The van der Waals surface area contributed by atoms with E-state index in [1.165, 1.54) is 11.2 Å². The van der Waals surface area contributed by atoms with Crippen LogP contribution in [0.15, 0.2) is 39.8 Å². The first-order valence-corrected chi connectivity index (χ1v) is 8.16. The van der Waals surface area contributed by atoms with E-state index in [2.05, 4.69) is 4.98 Å². The Morgan fingerprint density at radius 3 is 2.77 bits per heavy atom. The van der Waals surface area contributed by atoms with Crippen molar-refractivity contribution in [1.29, 1.82) is 0 Å². The van der Waals surface area contributed by atoms with Crippen molar-refractivity contribution >= 4 is 33.9 Å². The molecule has 0 saturated heterocycles. The Hall–Kier alpha value is -3.16. The molecule has 0 saturated carbocycles. The predicted molar refractivity (Wildman–Crippen MR) is 94.6 cm³/mol. The fraction of sp³-hybridized carbons (Fsp3) is 0.333. The number of carbonyl (C=O) groups excluding carboxylic acids is 2. The second-order valence-corrected chi connectivity index (χ2v) is 6.21. The molecule has 0 radical (unpaired) electrons. The first-order valence-electron chi connectivity index (χ1n) is 8.16. The van der Waals surface area contributed by atoms with Crippen molar-refractivity contribution in [3.05, 3.63) is 40.9 Å². The molecule has 8 heteroatoms. The van der Waals surface area contributed by atoms with Crippen LogP contribution in [0.2, 0.25) is 0 Å². The lowest BCUT2D eigenvalue weighted by molar-refractivity contribution is -0.152. The topological polar surface area (TPSA) is 94.6 Å². The van der Waals surface area contributed by atoms with Crippen LogP contribution in [0, 0.1) is 0 Å². The minimum absolute atomic E-state index is 0.00325. The molecule has 0 spiro atoms. The van der Waals surface area contributed by atoms with E-state index >= 15 is 0 Å². The molecule has 2 aromatic heterocycles. The highest BCUT2D eigenvalue weighted by Gasteiger charge is 2.17. The van der Waals surface area contributed by atoms with Crippen LogP contribution in [0.1, 0.15) is 13.8 Å². The van der Waals surface area contributed by atoms with Crippen molar-refractivity contribution in [3.8, 4) is 0 Å². The van der Waals surface area contributed by atoms with Crippen molar-refractivity contribution in [2.75, 3.05) is 13.7 Å². The number of nitrogens with zero attached hydrogens (tertiary/aromatic N) is 3. The van der Waals surface area contributed by atoms with E-state index in [9.17, 15) is 14.4 Å². The van der Waals surface area contributed by atoms with Gasteiger partial charge in [0.2, 0.25) is 5.58 Å². The zero-order valence-corrected chi connectivity index (χ0v) is 14.8. The maximum Gasteiger partial charge on any atom is 0.326 e. The van der Waals surface area contributed by atoms with Crippen molar-refractivity contribution in [1.82, 2.24) is 14.5 Å². The number of fused-ring (bicyclic) bond motifs is 3. The molecule has 0 aliphatic heterocycles. The van der Waals surface area contributed by atoms with E-state index < -0.39 is 11.5 Å². The van der Waals surface area contributed by atoms with Crippen LogP contribution in [-0.4, -0.2) is 46.0 Å². The highest BCUT2D eigenvalue weighted by Crippen LogP contribution is 2.23. The van der Waals surface area contributed by atoms with Gasteiger partial charge in [0.05, 0.1) is 6.33 Å². The van der Waals surface area contributed by atoms with Crippen molar-refractivity contribution in [3.63, 3.8) is 0 Å². The summed E-state index contributed by atoms with van der Waals surface area (Å²) in [7, 11) is 1.63. The normalized spacial score (nSPS) is 11.2. The number of para-hydroxylation sites is 1. The summed E-state index contributed by atoms with van der Waals surface area (Å²) in [5, 5.41) is 0.733. The first-order chi connectivity index (χ1) is 12.4. The monoisotopic (exact) mass is 357 g/mol. The van der Waals surface area contributed by atoms with E-state index in [0.29, 0.717) is 11.1 Å². The number of esters is 1. The Balaban J connectivity index is 1.76. The number of likely N-dealkylation sites (N-methyl/N-ethyl adjacent to an activating group) is 1. The number of ether oxygens (including phenoxy) is 1. The third-order valence-corrected chi connectivity index (χ3v) is 4.17. The molecule has 0 aliphatic rings. The van der Waals surface area contributed by atoms with Gasteiger partial charge in [0, 0.05) is 18.5 Å². The number of rotatable bonds is 5. The number of furan rings is 1. The van der Waals surface area contributed by atoms with Gasteiger partial charge in [-0.15, -0.1) is 0 Å². The van der Waals surface area contributed by atoms with Crippen LogP contribution >= 0.6 is 0 Å². The molecule has 2 heterocycles. The van der Waals surface area contributed by atoms with Crippen molar-refractivity contribution in [2.24, 2.45) is 0 Å². The van der Waals surface area contributed by atoms with Gasteiger partial charge >= 0.3 is 5.97 Å². The van der Waals surface area contributed by atoms with Gasteiger partial charge in [0.1, 0.15) is 17.6 Å². The second-order valence-electron chi connectivity index (χ2n) is 6.21. The van der Waals surface area contributed by atoms with Gasteiger partial charge in [-0.25, -0.2) is 4.98 Å². The summed E-state index contributed by atoms with van der Waals surface area (Å²) in [6.07, 6.45) is 1.27. The van der Waals surface area contributed by atoms with Crippen LogP contribution in [0.25, 0.3) is 22.1 Å². The Morgan fingerprint density at radius 1 is 1.31 bits per heavy atom. The summed E-state index contributed by atoms with van der Waals surface area (Å²) in [6, 6.07) is 7.18. The Labute approximate surface area is 149 Å². The van der Waals surface area contributed by atoms with Crippen molar-refractivity contribution in [2.45, 2.75) is 26.4 Å². The van der Waals surface area contributed by atoms with Gasteiger partial charge in [-0.05, 0) is 26.0 Å². The molecule has 0 N–H and O–H groups in total. The smallest absolute Gasteiger partial charge is 0.326 e. The Bertz CT molecular complexity index is 1030. The molecular weight excluding hydrogens is 338 g/mol. The van der Waals surface area contributed by atoms with E-state index in [0.717, 1.165) is 9.95 Å². The standard InChI is InChI=1S/C18H19N3O5/c1-11(2)20(3)14(22)9-25-15(23)8-21-10-19-16-12-6-4-5-7-13(12)26-17(16)18(21)24/h4-7,10-11H,8-9H2,1-3H3. The van der Waals surface area contributed by atoms with E-state index in [4.69, 9.17) is 9.15 Å². The van der Waals surface area contributed by atoms with Gasteiger partial charge in [-0.2, -0.15) is 0 Å². The van der Waals surface area contributed by atoms with Crippen LogP contribution in [0.4, 0.5) is 0 Å². The lowest BCUT2D eigenvalue weighted by Gasteiger charge is -2.21. The number of hydrogen-bond acceptors (Lipinski definition) is 6. The van der Waals surface area contributed by atoms with Gasteiger partial charge in [-0.3, -0.25) is 19.0 Å². The fourth-order valence-corrected chi connectivity index (χ4v) is 2.44. The molecule has 0 atom stereocenters. The fourth-order valence-electron chi connectivity index (χ4n) is 2.44. The molecule has 0 aliphatic carbocycles. The van der Waals surface area contributed by atoms with Gasteiger partial charge in [0.15, 0.2) is 6.61 Å². The zero-order chi connectivity index (χ0) is 18.8. The minimum atomic E-state index is -0.699. The molecule has 0 fully saturated rings. The highest BCUT2D eigenvalue weighted by atomic mass is 16.5. The van der Waals surface area contributed by atoms with Crippen LogP contribution in [-0.2, 0) is 20.9 Å². The van der Waals surface area contributed by atoms with Crippen molar-refractivity contribution < 1.29 is 18.7 Å². The summed E-state index contributed by atoms with van der Waals surface area (Å²) in [4.78, 5) is 42.0. The molecule has 8 nitrogen and oxygen atoms in total. The molecule has 26 heavy (non-hydrogen) atoms. The largest absolute Gasteiger partial charge is 0.454 e. The van der Waals surface area contributed by atoms with Crippen LogP contribution in [0.3, 0.4) is 0 Å². The molecule has 3 rings (SSSR count). The van der Waals surface area contributed by atoms with Gasteiger partial charge in [0.25, 0.3) is 11.5 Å². The third kappa shape index (κ3) is 3.30. The first kappa shape index (κ1) is 17.7. The minimum Gasteiger partial charge on any atom is -0.454 e. The Kier molecular flexibility index (Phi) is 4.75. The number of carbonyl (C=O) groups is 2. The molecule has 136 valence electrons. The zero-order valence-electron chi connectivity index (χ0n) is 14.8. The third-order valence-electron chi connectivity index (χ3n) is 4.17. The molecule has 0 bridgehead atoms. The molecule has 0 unspecified atom stereocenters. The molecular formula is C18H19N3O5. The number of aromatic nitrogens is 2. The molecule has 1 aromatic carbocycles. The lowest BCUT2D eigenvalue weighted by Crippen LogP contribution is -2.36. The lowest BCUT2D eigenvalue weighted by atomic mass is 10.2. The summed E-state index contributed by atoms with van der Waals surface area (Å²) in [5.41, 5.74) is 0.601. The molecule has 1 amide bonds. The quantitative estimate of drug-likeness (QED) is 0.643.